The van der Waals surface area contributed by atoms with Gasteiger partial charge < -0.3 is 5.32 Å². The van der Waals surface area contributed by atoms with Gasteiger partial charge in [0.2, 0.25) is 0 Å². The number of anilines is 1. The van der Waals surface area contributed by atoms with Crippen LogP contribution in [0.1, 0.15) is 40.2 Å². The fraction of sp³-hybridized carbons (Fsp3) is 0.625. The molecule has 0 aliphatic rings. The number of para-hydroxylation sites is 1. The van der Waals surface area contributed by atoms with E-state index in [0.717, 1.165) is 18.7 Å². The third kappa shape index (κ3) is 5.01. The average Bonchev–Trinajstić information content (AvgIpc) is 2.39. The van der Waals surface area contributed by atoms with Crippen molar-refractivity contribution in [1.29, 1.82) is 0 Å². The second kappa shape index (κ2) is 7.98. The summed E-state index contributed by atoms with van der Waals surface area (Å²) in [6.45, 7) is 13.0. The number of benzene rings is 1. The monoisotopic (exact) mass is 293 g/mol. The Morgan fingerprint density at radius 1 is 1.29 bits per heavy atom. The van der Waals surface area contributed by atoms with E-state index in [4.69, 9.17) is 0 Å². The topological polar surface area (TPSA) is 58.4 Å². The zero-order valence-corrected chi connectivity index (χ0v) is 13.7. The third-order valence-electron chi connectivity index (χ3n) is 3.38. The molecule has 1 aromatic rings. The van der Waals surface area contributed by atoms with E-state index in [0.29, 0.717) is 24.2 Å². The molecule has 1 aromatic carbocycles. The maximum absolute atomic E-state index is 11.2. The van der Waals surface area contributed by atoms with Gasteiger partial charge in [-0.1, -0.05) is 26.0 Å². The van der Waals surface area contributed by atoms with Crippen LogP contribution in [0.3, 0.4) is 0 Å². The zero-order chi connectivity index (χ0) is 16.0. The molecule has 0 aromatic heterocycles. The SMILES string of the molecule is CCNc1c(CN(CC(C)C)C(C)C)cccc1[N+](=O)[O-]. The Kier molecular flexibility index (Phi) is 6.62. The molecule has 0 radical (unpaired) electrons. The van der Waals surface area contributed by atoms with Crippen molar-refractivity contribution in [1.82, 2.24) is 4.90 Å². The normalized spacial score (nSPS) is 11.4. The Labute approximate surface area is 127 Å². The van der Waals surface area contributed by atoms with Crippen LogP contribution in [-0.4, -0.2) is 29.0 Å². The number of nitrogens with zero attached hydrogens (tertiary/aromatic N) is 2. The Hall–Kier alpha value is -1.62. The molecule has 5 heteroatoms. The van der Waals surface area contributed by atoms with E-state index in [2.05, 4.69) is 37.9 Å². The standard InChI is InChI=1S/C16H27N3O2/c1-6-17-16-14(8-7-9-15(16)19(20)21)11-18(13(4)5)10-12(2)3/h7-9,12-13,17H,6,10-11H2,1-5H3. The lowest BCUT2D eigenvalue weighted by atomic mass is 10.1. The Balaban J connectivity index is 3.10. The smallest absolute Gasteiger partial charge is 0.292 e. The molecule has 118 valence electrons. The fourth-order valence-electron chi connectivity index (χ4n) is 2.40. The van der Waals surface area contributed by atoms with Crippen LogP contribution < -0.4 is 5.32 Å². The first-order valence-electron chi connectivity index (χ1n) is 7.61. The second-order valence-electron chi connectivity index (χ2n) is 6.02. The first-order valence-corrected chi connectivity index (χ1v) is 7.61. The highest BCUT2D eigenvalue weighted by Crippen LogP contribution is 2.29. The van der Waals surface area contributed by atoms with Crippen molar-refractivity contribution in [3.63, 3.8) is 0 Å². The first-order chi connectivity index (χ1) is 9.86. The molecular formula is C16H27N3O2. The molecule has 5 nitrogen and oxygen atoms in total. The van der Waals surface area contributed by atoms with Crippen LogP contribution >= 0.6 is 0 Å². The average molecular weight is 293 g/mol. The van der Waals surface area contributed by atoms with E-state index in [9.17, 15) is 10.1 Å². The predicted molar refractivity (Wildman–Crippen MR) is 87.6 cm³/mol. The van der Waals surface area contributed by atoms with Gasteiger partial charge in [-0.15, -0.1) is 0 Å². The van der Waals surface area contributed by atoms with Crippen LogP contribution in [0.4, 0.5) is 11.4 Å². The molecule has 0 fully saturated rings. The number of nitro groups is 1. The van der Waals surface area contributed by atoms with Gasteiger partial charge in [0.05, 0.1) is 4.92 Å². The van der Waals surface area contributed by atoms with Crippen molar-refractivity contribution < 1.29 is 4.92 Å². The van der Waals surface area contributed by atoms with Gasteiger partial charge in [0.1, 0.15) is 5.69 Å². The summed E-state index contributed by atoms with van der Waals surface area (Å²) in [4.78, 5) is 13.2. The number of nitrogens with one attached hydrogen (secondary N) is 1. The molecule has 0 saturated carbocycles. The number of rotatable bonds is 8. The highest BCUT2D eigenvalue weighted by Gasteiger charge is 2.20. The van der Waals surface area contributed by atoms with Crippen LogP contribution in [0.25, 0.3) is 0 Å². The molecule has 0 aliphatic heterocycles. The van der Waals surface area contributed by atoms with Gasteiger partial charge in [-0.05, 0) is 32.3 Å². The van der Waals surface area contributed by atoms with Crippen LogP contribution in [0.15, 0.2) is 18.2 Å². The summed E-state index contributed by atoms with van der Waals surface area (Å²) in [6, 6.07) is 5.70. The summed E-state index contributed by atoms with van der Waals surface area (Å²) in [5.74, 6) is 0.564. The van der Waals surface area contributed by atoms with Crippen molar-refractivity contribution in [3.05, 3.63) is 33.9 Å². The van der Waals surface area contributed by atoms with Gasteiger partial charge in [0.25, 0.3) is 5.69 Å². The van der Waals surface area contributed by atoms with E-state index >= 15 is 0 Å². The minimum Gasteiger partial charge on any atom is -0.380 e. The second-order valence-corrected chi connectivity index (χ2v) is 6.02. The van der Waals surface area contributed by atoms with E-state index in [-0.39, 0.29) is 10.6 Å². The van der Waals surface area contributed by atoms with E-state index in [1.54, 1.807) is 12.1 Å². The van der Waals surface area contributed by atoms with Gasteiger partial charge in [0.15, 0.2) is 0 Å². The Morgan fingerprint density at radius 2 is 1.95 bits per heavy atom. The van der Waals surface area contributed by atoms with Gasteiger partial charge in [-0.3, -0.25) is 15.0 Å². The van der Waals surface area contributed by atoms with Gasteiger partial charge >= 0.3 is 0 Å². The lowest BCUT2D eigenvalue weighted by Gasteiger charge is -2.29. The molecule has 0 atom stereocenters. The summed E-state index contributed by atoms with van der Waals surface area (Å²) < 4.78 is 0. The van der Waals surface area contributed by atoms with E-state index < -0.39 is 0 Å². The number of nitro benzene ring substituents is 1. The molecule has 0 heterocycles. The summed E-state index contributed by atoms with van der Waals surface area (Å²) in [5.41, 5.74) is 1.79. The molecule has 0 unspecified atom stereocenters. The number of hydrogen-bond acceptors (Lipinski definition) is 4. The molecular weight excluding hydrogens is 266 g/mol. The quantitative estimate of drug-likeness (QED) is 0.583. The van der Waals surface area contributed by atoms with Crippen molar-refractivity contribution in [2.45, 2.75) is 47.2 Å². The van der Waals surface area contributed by atoms with Crippen LogP contribution in [0, 0.1) is 16.0 Å². The van der Waals surface area contributed by atoms with Crippen LogP contribution in [0.5, 0.6) is 0 Å². The first kappa shape index (κ1) is 17.4. The predicted octanol–water partition coefficient (Wildman–Crippen LogP) is 3.89. The lowest BCUT2D eigenvalue weighted by molar-refractivity contribution is -0.384. The van der Waals surface area contributed by atoms with Crippen molar-refractivity contribution in [3.8, 4) is 0 Å². The summed E-state index contributed by atoms with van der Waals surface area (Å²) >= 11 is 0. The summed E-state index contributed by atoms with van der Waals surface area (Å²) in [6.07, 6.45) is 0. The fourth-order valence-corrected chi connectivity index (χ4v) is 2.40. The maximum atomic E-state index is 11.2. The Morgan fingerprint density at radius 3 is 2.43 bits per heavy atom. The van der Waals surface area contributed by atoms with Crippen LogP contribution in [-0.2, 0) is 6.54 Å². The lowest BCUT2D eigenvalue weighted by Crippen LogP contribution is -2.33. The third-order valence-corrected chi connectivity index (χ3v) is 3.38. The molecule has 0 amide bonds. The van der Waals surface area contributed by atoms with Gasteiger partial charge in [0, 0.05) is 31.7 Å². The molecule has 1 rings (SSSR count). The number of hydrogen-bond donors (Lipinski definition) is 1. The van der Waals surface area contributed by atoms with E-state index in [1.807, 2.05) is 13.0 Å². The highest BCUT2D eigenvalue weighted by molar-refractivity contribution is 5.66. The zero-order valence-electron chi connectivity index (χ0n) is 13.7. The summed E-state index contributed by atoms with van der Waals surface area (Å²) in [5, 5.41) is 14.4. The molecule has 1 N–H and O–H groups in total. The summed E-state index contributed by atoms with van der Waals surface area (Å²) in [7, 11) is 0. The maximum Gasteiger partial charge on any atom is 0.292 e. The van der Waals surface area contributed by atoms with E-state index in [1.165, 1.54) is 0 Å². The van der Waals surface area contributed by atoms with Gasteiger partial charge in [-0.2, -0.15) is 0 Å². The highest BCUT2D eigenvalue weighted by atomic mass is 16.6. The van der Waals surface area contributed by atoms with Crippen molar-refractivity contribution >= 4 is 11.4 Å². The molecule has 0 saturated heterocycles. The van der Waals surface area contributed by atoms with Crippen LogP contribution in [0.2, 0.25) is 0 Å². The molecule has 0 spiro atoms. The van der Waals surface area contributed by atoms with Crippen molar-refractivity contribution in [2.24, 2.45) is 5.92 Å². The van der Waals surface area contributed by atoms with Crippen molar-refractivity contribution in [2.75, 3.05) is 18.4 Å². The minimum absolute atomic E-state index is 0.155. The Bertz CT molecular complexity index is 473. The molecule has 21 heavy (non-hydrogen) atoms. The minimum atomic E-state index is -0.316. The van der Waals surface area contributed by atoms with Gasteiger partial charge in [-0.25, -0.2) is 0 Å². The largest absolute Gasteiger partial charge is 0.380 e. The molecule has 0 aliphatic carbocycles. The molecule has 0 bridgehead atoms.